The van der Waals surface area contributed by atoms with Crippen LogP contribution in [-0.2, 0) is 23.7 Å². The van der Waals surface area contributed by atoms with Crippen molar-refractivity contribution in [3.63, 3.8) is 0 Å². The number of hydrogen-bond acceptors (Lipinski definition) is 5. The molecule has 3 aromatic rings. The summed E-state index contributed by atoms with van der Waals surface area (Å²) in [6.45, 7) is 14.3. The number of benzene rings is 1. The molecule has 1 N–H and O–H groups in total. The summed E-state index contributed by atoms with van der Waals surface area (Å²) < 4.78 is 15.1. The van der Waals surface area contributed by atoms with E-state index in [2.05, 4.69) is 56.0 Å². The van der Waals surface area contributed by atoms with Crippen LogP contribution < -0.4 is 10.2 Å². The van der Waals surface area contributed by atoms with E-state index in [1.54, 1.807) is 12.1 Å². The molecule has 2 aliphatic rings. The standard InChI is InChI=1S/C23H29FN4O.C6H10N2/c1-16-13-27(9-8-25-16)14-21(29)28-15-23(2,3)22-20(28)11-18(12-26-22)10-17-4-6-19(24)7-5-17;1-5-4-7-8(3)6(5)2/h4-7,11-12,16,25H,8-10,13-15H2,1-3H3;4H,1-3H3. The van der Waals surface area contributed by atoms with Gasteiger partial charge in [-0.2, -0.15) is 5.10 Å². The molecule has 0 saturated carbocycles. The molecule has 0 spiro atoms. The predicted octanol–water partition coefficient (Wildman–Crippen LogP) is 3.77. The molecule has 1 amide bonds. The first-order valence-corrected chi connectivity index (χ1v) is 13.0. The average Bonchev–Trinajstić information content (AvgIpc) is 3.30. The third kappa shape index (κ3) is 6.43. The van der Waals surface area contributed by atoms with E-state index in [9.17, 15) is 9.18 Å². The molecule has 4 heterocycles. The summed E-state index contributed by atoms with van der Waals surface area (Å²) in [7, 11) is 1.95. The lowest BCUT2D eigenvalue weighted by Gasteiger charge is -2.32. The van der Waals surface area contributed by atoms with Crippen LogP contribution in [0.25, 0.3) is 0 Å². The Hall–Kier alpha value is -3.10. The zero-order valence-corrected chi connectivity index (χ0v) is 22.9. The minimum atomic E-state index is -0.235. The molecule has 1 unspecified atom stereocenters. The summed E-state index contributed by atoms with van der Waals surface area (Å²) in [6.07, 6.45) is 4.42. The van der Waals surface area contributed by atoms with Crippen LogP contribution >= 0.6 is 0 Å². The van der Waals surface area contributed by atoms with Crippen molar-refractivity contribution in [2.45, 2.75) is 52.5 Å². The topological polar surface area (TPSA) is 66.3 Å². The smallest absolute Gasteiger partial charge is 0.241 e. The number of hydrogen-bond donors (Lipinski definition) is 1. The number of nitrogens with zero attached hydrogens (tertiary/aromatic N) is 5. The maximum absolute atomic E-state index is 13.2. The zero-order valence-electron chi connectivity index (χ0n) is 22.9. The second-order valence-corrected chi connectivity index (χ2v) is 11.0. The molecule has 0 radical (unpaired) electrons. The lowest BCUT2D eigenvalue weighted by Crippen LogP contribution is -2.52. The van der Waals surface area contributed by atoms with E-state index >= 15 is 0 Å². The van der Waals surface area contributed by atoms with Crippen LogP contribution in [0, 0.1) is 19.7 Å². The van der Waals surface area contributed by atoms with E-state index in [0.29, 0.717) is 25.6 Å². The SMILES string of the molecule is CC1CN(CC(=O)N2CC(C)(C)c3ncc(Cc4ccc(F)cc4)cc32)CCN1.Cc1cnn(C)c1C. The van der Waals surface area contributed by atoms with Gasteiger partial charge in [0.05, 0.1) is 24.1 Å². The van der Waals surface area contributed by atoms with Crippen LogP contribution in [0.1, 0.15) is 48.8 Å². The summed E-state index contributed by atoms with van der Waals surface area (Å²) in [5, 5.41) is 7.45. The average molecular weight is 507 g/mol. The van der Waals surface area contributed by atoms with Crippen LogP contribution in [0.4, 0.5) is 10.1 Å². The third-order valence-electron chi connectivity index (χ3n) is 7.32. The normalized spacial score (nSPS) is 18.8. The highest BCUT2D eigenvalue weighted by Crippen LogP contribution is 2.39. The summed E-state index contributed by atoms with van der Waals surface area (Å²) in [5.41, 5.74) is 6.28. The number of rotatable bonds is 4. The summed E-state index contributed by atoms with van der Waals surface area (Å²) >= 11 is 0. The second kappa shape index (κ2) is 11.1. The molecular weight excluding hydrogens is 467 g/mol. The van der Waals surface area contributed by atoms with Gasteiger partial charge in [-0.25, -0.2) is 4.39 Å². The Bertz CT molecular complexity index is 1220. The van der Waals surface area contributed by atoms with Crippen molar-refractivity contribution in [1.29, 1.82) is 0 Å². The third-order valence-corrected chi connectivity index (χ3v) is 7.32. The van der Waals surface area contributed by atoms with Crippen LogP contribution in [0.3, 0.4) is 0 Å². The van der Waals surface area contributed by atoms with Crippen LogP contribution in [0.2, 0.25) is 0 Å². The summed E-state index contributed by atoms with van der Waals surface area (Å²) in [4.78, 5) is 22.0. The van der Waals surface area contributed by atoms with Crippen molar-refractivity contribution < 1.29 is 9.18 Å². The van der Waals surface area contributed by atoms with Gasteiger partial charge in [-0.3, -0.25) is 19.4 Å². The fraction of sp³-hybridized carbons (Fsp3) is 0.483. The van der Waals surface area contributed by atoms with Crippen LogP contribution in [0.15, 0.2) is 42.7 Å². The number of carbonyl (C=O) groups is 1. The summed E-state index contributed by atoms with van der Waals surface area (Å²) in [5.74, 6) is -0.103. The van der Waals surface area contributed by atoms with E-state index in [-0.39, 0.29) is 17.1 Å². The van der Waals surface area contributed by atoms with Crippen molar-refractivity contribution >= 4 is 11.6 Å². The Balaban J connectivity index is 0.000000342. The Labute approximate surface area is 219 Å². The first-order valence-electron chi connectivity index (χ1n) is 13.0. The van der Waals surface area contributed by atoms with Gasteiger partial charge in [0.25, 0.3) is 0 Å². The van der Waals surface area contributed by atoms with Gasteiger partial charge < -0.3 is 10.2 Å². The first kappa shape index (κ1) is 26.9. The van der Waals surface area contributed by atoms with Gasteiger partial charge in [0.2, 0.25) is 5.91 Å². The molecule has 8 heteroatoms. The van der Waals surface area contributed by atoms with E-state index in [0.717, 1.165) is 42.1 Å². The fourth-order valence-corrected chi connectivity index (χ4v) is 4.98. The maximum Gasteiger partial charge on any atom is 0.241 e. The van der Waals surface area contributed by atoms with E-state index < -0.39 is 0 Å². The van der Waals surface area contributed by atoms with Crippen molar-refractivity contribution in [2.24, 2.45) is 7.05 Å². The van der Waals surface area contributed by atoms with Gasteiger partial charge >= 0.3 is 0 Å². The highest BCUT2D eigenvalue weighted by atomic mass is 19.1. The molecule has 0 bridgehead atoms. The predicted molar refractivity (Wildman–Crippen MR) is 145 cm³/mol. The first-order chi connectivity index (χ1) is 17.5. The molecule has 37 heavy (non-hydrogen) atoms. The highest BCUT2D eigenvalue weighted by Gasteiger charge is 2.40. The number of anilines is 1. The number of aryl methyl sites for hydroxylation is 2. The number of amides is 1. The van der Waals surface area contributed by atoms with E-state index in [1.165, 1.54) is 23.4 Å². The highest BCUT2D eigenvalue weighted by molar-refractivity contribution is 5.97. The number of nitrogens with one attached hydrogen (secondary N) is 1. The molecule has 2 aliphatic heterocycles. The molecule has 0 aliphatic carbocycles. The number of aromatic nitrogens is 3. The number of halogens is 1. The van der Waals surface area contributed by atoms with Crippen molar-refractivity contribution in [3.05, 3.63) is 76.6 Å². The quantitative estimate of drug-likeness (QED) is 0.584. The largest absolute Gasteiger partial charge is 0.312 e. The number of fused-ring (bicyclic) bond motifs is 1. The van der Waals surface area contributed by atoms with Crippen LogP contribution in [-0.4, -0.2) is 64.3 Å². The molecule has 2 aromatic heterocycles. The Morgan fingerprint density at radius 2 is 1.89 bits per heavy atom. The Kier molecular flexibility index (Phi) is 8.09. The van der Waals surface area contributed by atoms with Crippen molar-refractivity contribution in [2.75, 3.05) is 37.6 Å². The number of piperazine rings is 1. The van der Waals surface area contributed by atoms with Gasteiger partial charge in [0.15, 0.2) is 0 Å². The minimum absolute atomic E-state index is 0.131. The monoisotopic (exact) mass is 506 g/mol. The van der Waals surface area contributed by atoms with Crippen LogP contribution in [0.5, 0.6) is 0 Å². The van der Waals surface area contributed by atoms with E-state index in [4.69, 9.17) is 4.98 Å². The molecular formula is C29H39FN6O. The van der Waals surface area contributed by atoms with E-state index in [1.807, 2.05) is 29.0 Å². The second-order valence-electron chi connectivity index (χ2n) is 11.0. The van der Waals surface area contributed by atoms with Gasteiger partial charge in [-0.15, -0.1) is 0 Å². The lowest BCUT2D eigenvalue weighted by molar-refractivity contribution is -0.120. The number of pyridine rings is 1. The molecule has 198 valence electrons. The fourth-order valence-electron chi connectivity index (χ4n) is 4.98. The van der Waals surface area contributed by atoms with Gasteiger partial charge in [0, 0.05) is 56.6 Å². The lowest BCUT2D eigenvalue weighted by atomic mass is 9.91. The Morgan fingerprint density at radius 1 is 1.16 bits per heavy atom. The molecule has 1 saturated heterocycles. The van der Waals surface area contributed by atoms with Gasteiger partial charge in [-0.05, 0) is 62.1 Å². The molecule has 1 aromatic carbocycles. The maximum atomic E-state index is 13.2. The van der Waals surface area contributed by atoms with Crippen molar-refractivity contribution in [3.8, 4) is 0 Å². The number of carbonyl (C=O) groups excluding carboxylic acids is 1. The summed E-state index contributed by atoms with van der Waals surface area (Å²) in [6, 6.07) is 9.02. The molecule has 1 fully saturated rings. The molecule has 5 rings (SSSR count). The zero-order chi connectivity index (χ0) is 26.7. The Morgan fingerprint density at radius 3 is 2.49 bits per heavy atom. The van der Waals surface area contributed by atoms with Crippen molar-refractivity contribution in [1.82, 2.24) is 25.0 Å². The molecule has 1 atom stereocenters. The van der Waals surface area contributed by atoms with Gasteiger partial charge in [0.1, 0.15) is 5.82 Å². The molecule has 7 nitrogen and oxygen atoms in total. The van der Waals surface area contributed by atoms with Gasteiger partial charge in [-0.1, -0.05) is 26.0 Å². The minimum Gasteiger partial charge on any atom is -0.312 e.